The third-order valence-electron chi connectivity index (χ3n) is 9.42. The molecular weight excluding hydrogens is 512 g/mol. The molecule has 4 N–H and O–H groups in total. The molecule has 3 fully saturated rings. The lowest BCUT2D eigenvalue weighted by Gasteiger charge is -2.63. The minimum atomic E-state index is -1.46. The van der Waals surface area contributed by atoms with Crippen molar-refractivity contribution in [1.82, 2.24) is 4.90 Å². The molecule has 9 nitrogen and oxygen atoms in total. The van der Waals surface area contributed by atoms with Crippen LogP contribution in [0.25, 0.3) is 0 Å². The number of hydrogen-bond donors (Lipinski definition) is 4. The SMILES string of the molecule is O=C(O)c1ccc(Cl)cc1NC(=O)C1C[C@@]2(O)[C@H]3Cc4ccc(O)c5c4[C@@]2(CCN3CC2CC2)[C@@H](O5)C1=O. The number of halogens is 1. The van der Waals surface area contributed by atoms with Crippen LogP contribution in [0.15, 0.2) is 30.3 Å². The quantitative estimate of drug-likeness (QED) is 0.427. The summed E-state index contributed by atoms with van der Waals surface area (Å²) in [6.07, 6.45) is 2.04. The van der Waals surface area contributed by atoms with Crippen LogP contribution < -0.4 is 10.1 Å². The average molecular weight is 539 g/mol. The molecule has 1 spiro atoms. The standard InChI is InChI=1S/C28H27ClN2O7/c29-15-4-5-16(26(35)36)18(10-15)30-25(34)17-11-28(37)20-9-14-3-6-19(32)23-21(14)27(28,24(38-23)22(17)33)7-8-31(20)12-13-1-2-13/h3-6,10,13,17,20,24,32,37H,1-2,7-9,11-12H2,(H,30,34)(H,35,36)/t17?,20-,24+,27+,28-/m1/s1. The van der Waals surface area contributed by atoms with E-state index in [4.69, 9.17) is 16.3 Å². The fraction of sp³-hybridized carbons (Fsp3) is 0.464. The molecule has 2 aromatic rings. The van der Waals surface area contributed by atoms with Gasteiger partial charge in [-0.3, -0.25) is 14.5 Å². The number of phenols is 1. The molecule has 38 heavy (non-hydrogen) atoms. The number of carbonyl (C=O) groups is 3. The van der Waals surface area contributed by atoms with E-state index in [0.29, 0.717) is 30.9 Å². The average Bonchev–Trinajstić information content (AvgIpc) is 3.60. The van der Waals surface area contributed by atoms with Crippen LogP contribution in [0.2, 0.25) is 5.02 Å². The van der Waals surface area contributed by atoms with Crippen LogP contribution in [0, 0.1) is 11.8 Å². The number of aliphatic hydroxyl groups is 1. The van der Waals surface area contributed by atoms with Gasteiger partial charge < -0.3 is 25.4 Å². The summed E-state index contributed by atoms with van der Waals surface area (Å²) in [5, 5.41) is 35.7. The predicted molar refractivity (Wildman–Crippen MR) is 136 cm³/mol. The van der Waals surface area contributed by atoms with Crippen molar-refractivity contribution in [3.63, 3.8) is 0 Å². The van der Waals surface area contributed by atoms with Crippen molar-refractivity contribution in [3.05, 3.63) is 52.0 Å². The summed E-state index contributed by atoms with van der Waals surface area (Å²) in [6.45, 7) is 1.54. The Morgan fingerprint density at radius 1 is 1.21 bits per heavy atom. The summed E-state index contributed by atoms with van der Waals surface area (Å²) < 4.78 is 6.15. The lowest BCUT2D eigenvalue weighted by Crippen LogP contribution is -2.78. The highest BCUT2D eigenvalue weighted by Gasteiger charge is 2.75. The number of nitrogens with one attached hydrogen (secondary N) is 1. The second-order valence-electron chi connectivity index (χ2n) is 11.4. The summed E-state index contributed by atoms with van der Waals surface area (Å²) in [7, 11) is 0. The number of amides is 1. The number of benzene rings is 2. The molecule has 2 heterocycles. The number of aromatic carboxylic acids is 1. The second-order valence-corrected chi connectivity index (χ2v) is 11.8. The zero-order valence-corrected chi connectivity index (χ0v) is 21.2. The van der Waals surface area contributed by atoms with Crippen LogP contribution in [0.4, 0.5) is 5.69 Å². The highest BCUT2D eigenvalue weighted by Crippen LogP contribution is 2.65. The molecular formula is C28H27ClN2O7. The Hall–Kier alpha value is -3.14. The van der Waals surface area contributed by atoms with Gasteiger partial charge in [0.1, 0.15) is 5.92 Å². The van der Waals surface area contributed by atoms with E-state index in [1.807, 2.05) is 6.07 Å². The third kappa shape index (κ3) is 3.09. The van der Waals surface area contributed by atoms with E-state index in [9.17, 15) is 29.7 Å². The normalized spacial score (nSPS) is 32.9. The number of carboxylic acids is 1. The fourth-order valence-electron chi connectivity index (χ4n) is 7.55. The first-order chi connectivity index (χ1) is 18.1. The zero-order chi connectivity index (χ0) is 26.6. The van der Waals surface area contributed by atoms with Crippen LogP contribution in [0.1, 0.15) is 47.2 Å². The third-order valence-corrected chi connectivity index (χ3v) is 9.65. The number of hydrogen-bond acceptors (Lipinski definition) is 7. The number of ketones is 1. The molecule has 10 heteroatoms. The zero-order valence-electron chi connectivity index (χ0n) is 20.4. The number of nitrogens with zero attached hydrogens (tertiary/aromatic N) is 1. The Balaban J connectivity index is 1.31. The van der Waals surface area contributed by atoms with Crippen LogP contribution in [-0.2, 0) is 21.4 Å². The first-order valence-electron chi connectivity index (χ1n) is 13.0. The monoisotopic (exact) mass is 538 g/mol. The number of piperidine rings is 1. The summed E-state index contributed by atoms with van der Waals surface area (Å²) in [5.74, 6) is -3.01. The van der Waals surface area contributed by atoms with Crippen molar-refractivity contribution in [3.8, 4) is 11.5 Å². The van der Waals surface area contributed by atoms with Crippen LogP contribution >= 0.6 is 11.6 Å². The van der Waals surface area contributed by atoms with Crippen molar-refractivity contribution < 1.29 is 34.4 Å². The molecule has 2 saturated carbocycles. The molecule has 1 saturated heterocycles. The highest BCUT2D eigenvalue weighted by atomic mass is 35.5. The van der Waals surface area contributed by atoms with Gasteiger partial charge in [0.2, 0.25) is 5.91 Å². The molecule has 0 radical (unpaired) electrons. The maximum Gasteiger partial charge on any atom is 0.337 e. The second kappa shape index (κ2) is 7.94. The maximum absolute atomic E-state index is 14.0. The van der Waals surface area contributed by atoms with Gasteiger partial charge in [0.15, 0.2) is 23.4 Å². The first-order valence-corrected chi connectivity index (χ1v) is 13.4. The van der Waals surface area contributed by atoms with E-state index in [1.54, 1.807) is 6.07 Å². The van der Waals surface area contributed by atoms with E-state index in [-0.39, 0.29) is 40.2 Å². The topological polar surface area (TPSA) is 136 Å². The van der Waals surface area contributed by atoms with E-state index in [0.717, 1.165) is 24.9 Å². The summed E-state index contributed by atoms with van der Waals surface area (Å²) in [5.41, 5.74) is -1.05. The molecule has 1 amide bonds. The van der Waals surface area contributed by atoms with Gasteiger partial charge in [-0.05, 0) is 74.4 Å². The number of Topliss-reactive ketones (excluding diaryl/α,β-unsaturated/α-hetero) is 1. The molecule has 5 aliphatic rings. The van der Waals surface area contributed by atoms with E-state index >= 15 is 0 Å². The summed E-state index contributed by atoms with van der Waals surface area (Å²) in [6, 6.07) is 7.11. The number of anilines is 1. The number of carboxylic acid groups (broad SMARTS) is 1. The van der Waals surface area contributed by atoms with Gasteiger partial charge in [-0.2, -0.15) is 0 Å². The number of rotatable bonds is 5. The number of aromatic hydroxyl groups is 1. The predicted octanol–water partition coefficient (Wildman–Crippen LogP) is 2.74. The maximum atomic E-state index is 14.0. The van der Waals surface area contributed by atoms with Crippen molar-refractivity contribution >= 4 is 34.9 Å². The molecule has 0 aromatic heterocycles. The minimum absolute atomic E-state index is 0.0233. The van der Waals surface area contributed by atoms with Crippen molar-refractivity contribution in [1.29, 1.82) is 0 Å². The lowest BCUT2D eigenvalue weighted by molar-refractivity contribution is -0.197. The summed E-state index contributed by atoms with van der Waals surface area (Å²) >= 11 is 6.06. The molecule has 2 aliphatic heterocycles. The van der Waals surface area contributed by atoms with E-state index in [1.165, 1.54) is 18.2 Å². The molecule has 2 bridgehead atoms. The van der Waals surface area contributed by atoms with Gasteiger partial charge in [-0.1, -0.05) is 17.7 Å². The minimum Gasteiger partial charge on any atom is -0.504 e. The Labute approximate surface area is 223 Å². The van der Waals surface area contributed by atoms with Gasteiger partial charge >= 0.3 is 5.97 Å². The fourth-order valence-corrected chi connectivity index (χ4v) is 7.72. The van der Waals surface area contributed by atoms with Crippen molar-refractivity contribution in [2.24, 2.45) is 11.8 Å². The number of ether oxygens (including phenoxy) is 1. The molecule has 198 valence electrons. The highest BCUT2D eigenvalue weighted by molar-refractivity contribution is 6.31. The Morgan fingerprint density at radius 3 is 2.74 bits per heavy atom. The number of likely N-dealkylation sites (tertiary alicyclic amines) is 1. The smallest absolute Gasteiger partial charge is 0.337 e. The van der Waals surface area contributed by atoms with Crippen molar-refractivity contribution in [2.75, 3.05) is 18.4 Å². The van der Waals surface area contributed by atoms with Crippen molar-refractivity contribution in [2.45, 2.75) is 55.3 Å². The van der Waals surface area contributed by atoms with Crippen LogP contribution in [0.3, 0.4) is 0 Å². The number of carbonyl (C=O) groups excluding carboxylic acids is 2. The number of phenolic OH excluding ortho intramolecular Hbond substituents is 1. The Bertz CT molecular complexity index is 1420. The van der Waals surface area contributed by atoms with Gasteiger partial charge in [0.25, 0.3) is 0 Å². The van der Waals surface area contributed by atoms with Gasteiger partial charge in [0.05, 0.1) is 22.3 Å². The molecule has 5 atom stereocenters. The van der Waals surface area contributed by atoms with E-state index < -0.39 is 40.7 Å². The largest absolute Gasteiger partial charge is 0.504 e. The van der Waals surface area contributed by atoms with Crippen LogP contribution in [0.5, 0.6) is 11.5 Å². The molecule has 3 aliphatic carbocycles. The first kappa shape index (κ1) is 23.9. The summed E-state index contributed by atoms with van der Waals surface area (Å²) in [4.78, 5) is 41.6. The van der Waals surface area contributed by atoms with Crippen LogP contribution in [-0.4, -0.2) is 68.7 Å². The van der Waals surface area contributed by atoms with E-state index in [2.05, 4.69) is 10.2 Å². The Morgan fingerprint density at radius 2 is 2.00 bits per heavy atom. The lowest BCUT2D eigenvalue weighted by atomic mass is 9.47. The Kier molecular flexibility index (Phi) is 5.00. The molecule has 1 unspecified atom stereocenters. The molecule has 7 rings (SSSR count). The van der Waals surface area contributed by atoms with Gasteiger partial charge in [-0.25, -0.2) is 4.79 Å². The molecule has 2 aromatic carbocycles. The van der Waals surface area contributed by atoms with Gasteiger partial charge in [-0.15, -0.1) is 0 Å². The van der Waals surface area contributed by atoms with Gasteiger partial charge in [0, 0.05) is 23.2 Å².